The quantitative estimate of drug-likeness (QED) is 0.0441. The number of nitrogens with zero attached hydrogens (tertiary/aromatic N) is 7. The molecule has 0 aliphatic carbocycles. The van der Waals surface area contributed by atoms with E-state index in [2.05, 4.69) is 33.8 Å². The predicted molar refractivity (Wildman–Crippen MR) is 179 cm³/mol. The lowest BCUT2D eigenvalue weighted by molar-refractivity contribution is -0.0508. The van der Waals surface area contributed by atoms with E-state index in [0.29, 0.717) is 11.0 Å². The SMILES string of the molecule is Cc1cc2nc3c(=O)[nH]c(=O)nc-3n(C[C@H](N)[C@H](O)[C@H](O)COP(=O)(O)OP(=O)(O)OC[C@H]3O[C@@H](n4cnc5c(N)ncnc54)[C@H](O)[C@@H]3O)c2cc1C. The number of anilines is 1. The van der Waals surface area contributed by atoms with Crippen LogP contribution in [0.15, 0.2) is 34.4 Å². The molecule has 0 amide bonds. The number of H-pyrrole nitrogens is 1. The van der Waals surface area contributed by atoms with Crippen LogP contribution in [0.4, 0.5) is 5.82 Å². The summed E-state index contributed by atoms with van der Waals surface area (Å²) in [6.07, 6.45) is -7.63. The number of hydrogen-bond donors (Lipinski definition) is 9. The van der Waals surface area contributed by atoms with E-state index in [1.165, 1.54) is 15.5 Å². The highest BCUT2D eigenvalue weighted by Gasteiger charge is 2.46. The number of aliphatic hydroxyl groups is 4. The summed E-state index contributed by atoms with van der Waals surface area (Å²) in [6.45, 7) is 1.17. The molecule has 5 heterocycles. The monoisotopic (exact) mass is 784 g/mol. The summed E-state index contributed by atoms with van der Waals surface area (Å²) in [5.74, 6) is -0.126. The van der Waals surface area contributed by atoms with Crippen LogP contribution in [0.5, 0.6) is 0 Å². The zero-order chi connectivity index (χ0) is 38.6. The summed E-state index contributed by atoms with van der Waals surface area (Å²) in [5.41, 5.74) is 12.7. The van der Waals surface area contributed by atoms with E-state index in [4.69, 9.17) is 20.7 Å². The first-order chi connectivity index (χ1) is 24.9. The normalized spacial score (nSPS) is 23.3. The van der Waals surface area contributed by atoms with Gasteiger partial charge in [-0.15, -0.1) is 0 Å². The third-order valence-electron chi connectivity index (χ3n) is 8.47. The summed E-state index contributed by atoms with van der Waals surface area (Å²) in [4.78, 5) is 66.9. The molecule has 1 saturated heterocycles. The molecule has 3 aliphatic rings. The molecule has 0 saturated carbocycles. The highest BCUT2D eigenvalue weighted by molar-refractivity contribution is 7.61. The molecule has 2 aromatic heterocycles. The van der Waals surface area contributed by atoms with Gasteiger partial charge in [-0.2, -0.15) is 9.29 Å². The maximum Gasteiger partial charge on any atom is 0.481 e. The van der Waals surface area contributed by atoms with Crippen molar-refractivity contribution in [2.45, 2.75) is 63.2 Å². The van der Waals surface area contributed by atoms with Crippen molar-refractivity contribution in [3.05, 3.63) is 56.8 Å². The number of aromatic nitrogens is 8. The Labute approximate surface area is 296 Å². The van der Waals surface area contributed by atoms with Gasteiger partial charge in [-0.3, -0.25) is 23.4 Å². The zero-order valence-corrected chi connectivity index (χ0v) is 29.4. The van der Waals surface area contributed by atoms with Gasteiger partial charge in [-0.1, -0.05) is 0 Å². The molecule has 1 aromatic carbocycles. The Kier molecular flexibility index (Phi) is 10.6. The maximum absolute atomic E-state index is 12.6. The number of hydrogen-bond acceptors (Lipinski definition) is 19. The molecule has 2 unspecified atom stereocenters. The lowest BCUT2D eigenvalue weighted by Crippen LogP contribution is -2.47. The van der Waals surface area contributed by atoms with E-state index in [1.807, 2.05) is 11.9 Å². The second-order valence-corrected chi connectivity index (χ2v) is 15.2. The van der Waals surface area contributed by atoms with Gasteiger partial charge in [0.25, 0.3) is 5.56 Å². The van der Waals surface area contributed by atoms with Crippen LogP contribution in [-0.4, -0.2) is 119 Å². The molecule has 1 fully saturated rings. The third kappa shape index (κ3) is 7.91. The Hall–Kier alpha value is -4.13. The fourth-order valence-corrected chi connectivity index (χ4v) is 7.70. The Morgan fingerprint density at radius 3 is 2.45 bits per heavy atom. The van der Waals surface area contributed by atoms with Crippen molar-refractivity contribution in [2.24, 2.45) is 5.73 Å². The number of aryl methyl sites for hydroxylation is 2. The van der Waals surface area contributed by atoms with Crippen molar-refractivity contribution in [3.63, 3.8) is 0 Å². The molecule has 0 radical (unpaired) electrons. The van der Waals surface area contributed by atoms with Crippen molar-refractivity contribution in [1.29, 1.82) is 0 Å². The van der Waals surface area contributed by atoms with Crippen LogP contribution < -0.4 is 22.7 Å². The molecule has 24 nitrogen and oxygen atoms in total. The summed E-state index contributed by atoms with van der Waals surface area (Å²) >= 11 is 0. The van der Waals surface area contributed by atoms with Gasteiger partial charge in [0.1, 0.15) is 36.3 Å². The number of aliphatic hydroxyl groups excluding tert-OH is 4. The molecule has 11 N–H and O–H groups in total. The lowest BCUT2D eigenvalue weighted by atomic mass is 10.1. The summed E-state index contributed by atoms with van der Waals surface area (Å²) < 4.78 is 46.9. The van der Waals surface area contributed by atoms with Gasteiger partial charge in [-0.05, 0) is 37.1 Å². The van der Waals surface area contributed by atoms with Gasteiger partial charge in [0.2, 0.25) is 0 Å². The molecule has 3 aliphatic heterocycles. The minimum atomic E-state index is -5.50. The number of imidazole rings is 1. The number of phosphoric ester groups is 2. The van der Waals surface area contributed by atoms with E-state index < -0.39 is 82.9 Å². The largest absolute Gasteiger partial charge is 0.481 e. The van der Waals surface area contributed by atoms with Crippen LogP contribution >= 0.6 is 15.6 Å². The van der Waals surface area contributed by atoms with Crippen molar-refractivity contribution in [3.8, 4) is 11.5 Å². The smallest absolute Gasteiger partial charge is 0.389 e. The van der Waals surface area contributed by atoms with Crippen LogP contribution in [0.3, 0.4) is 0 Å². The summed E-state index contributed by atoms with van der Waals surface area (Å²) in [6, 6.07) is 2.00. The van der Waals surface area contributed by atoms with Gasteiger partial charge in [0, 0.05) is 6.54 Å². The number of nitrogen functional groups attached to an aromatic ring is 1. The molecule has 26 heteroatoms. The molecule has 0 bridgehead atoms. The first kappa shape index (κ1) is 38.6. The minimum absolute atomic E-state index is 0.0355. The second kappa shape index (κ2) is 14.6. The van der Waals surface area contributed by atoms with Gasteiger partial charge in [-0.25, -0.2) is 33.9 Å². The van der Waals surface area contributed by atoms with E-state index in [-0.39, 0.29) is 35.0 Å². The van der Waals surface area contributed by atoms with Crippen LogP contribution in [0.2, 0.25) is 0 Å². The average Bonchev–Trinajstić information content (AvgIpc) is 3.63. The topological polar surface area (TPSA) is 369 Å². The maximum atomic E-state index is 12.6. The van der Waals surface area contributed by atoms with Gasteiger partial charge in [0.05, 0.1) is 42.7 Å². The number of benzene rings is 1. The van der Waals surface area contributed by atoms with Crippen LogP contribution in [0, 0.1) is 13.8 Å². The molecule has 286 valence electrons. The Balaban J connectivity index is 1.07. The minimum Gasteiger partial charge on any atom is -0.389 e. The first-order valence-corrected chi connectivity index (χ1v) is 18.5. The molecule has 0 spiro atoms. The van der Waals surface area contributed by atoms with Crippen molar-refractivity contribution in [1.82, 2.24) is 39.0 Å². The predicted octanol–water partition coefficient (Wildman–Crippen LogP) is -2.46. The number of phosphoric acid groups is 2. The molecule has 3 aromatic rings. The number of nitrogens with two attached hydrogens (primary N) is 2. The number of rotatable bonds is 13. The fraction of sp³-hybridized carbons (Fsp3) is 0.444. The highest BCUT2D eigenvalue weighted by atomic mass is 31.3. The van der Waals surface area contributed by atoms with E-state index in [0.717, 1.165) is 17.5 Å². The standard InChI is InChI=1S/C27H34N10O14P2/c1-10-3-13-14(4-11(10)2)36(24-18(33-13)25(42)35-27(43)34-24)5-12(28)19(39)15(38)6-48-52(44,45)51-53(46,47)49-7-16-20(40)21(41)26(50-16)37-9-32-17-22(29)30-8-31-23(17)37/h3-4,8-9,12,15-16,19-21,26,38-41H,5-7,28H2,1-2H3,(H,44,45)(H,46,47)(H2,29,30,31)(H,35,42,43)/t12-,15+,16+,19-,20+,21+,26+/m0/s1. The van der Waals surface area contributed by atoms with E-state index in [9.17, 15) is 48.9 Å². The van der Waals surface area contributed by atoms with Gasteiger partial charge in [0.15, 0.2) is 29.2 Å². The molecule has 6 rings (SSSR count). The highest BCUT2D eigenvalue weighted by Crippen LogP contribution is 2.60. The Morgan fingerprint density at radius 2 is 1.72 bits per heavy atom. The number of aromatic amines is 1. The molecular weight excluding hydrogens is 750 g/mol. The average molecular weight is 785 g/mol. The van der Waals surface area contributed by atoms with Crippen LogP contribution in [-0.2, 0) is 33.8 Å². The Morgan fingerprint density at radius 1 is 1.02 bits per heavy atom. The molecule has 53 heavy (non-hydrogen) atoms. The van der Waals surface area contributed by atoms with Gasteiger partial charge < -0.3 is 51.0 Å². The van der Waals surface area contributed by atoms with Crippen molar-refractivity contribution < 1.29 is 57.4 Å². The third-order valence-corrected chi connectivity index (χ3v) is 11.1. The van der Waals surface area contributed by atoms with E-state index in [1.54, 1.807) is 19.1 Å². The fourth-order valence-electron chi connectivity index (χ4n) is 5.61. The zero-order valence-electron chi connectivity index (χ0n) is 27.6. The number of fused-ring (bicyclic) bond motifs is 3. The lowest BCUT2D eigenvalue weighted by Gasteiger charge is -2.27. The van der Waals surface area contributed by atoms with Crippen LogP contribution in [0.1, 0.15) is 17.4 Å². The molecule has 9 atom stereocenters. The van der Waals surface area contributed by atoms with Crippen molar-refractivity contribution in [2.75, 3.05) is 18.9 Å². The second-order valence-electron chi connectivity index (χ2n) is 12.2. The van der Waals surface area contributed by atoms with E-state index >= 15 is 0 Å². The Bertz CT molecular complexity index is 2360. The first-order valence-electron chi connectivity index (χ1n) is 15.5. The van der Waals surface area contributed by atoms with Crippen molar-refractivity contribution >= 4 is 43.7 Å². The van der Waals surface area contributed by atoms with Crippen LogP contribution in [0.25, 0.3) is 33.7 Å². The summed E-state index contributed by atoms with van der Waals surface area (Å²) in [7, 11) is -11.0. The summed E-state index contributed by atoms with van der Waals surface area (Å²) in [5, 5.41) is 42.4. The number of nitrogens with one attached hydrogen (secondary N) is 1. The number of ether oxygens (including phenoxy) is 1. The van der Waals surface area contributed by atoms with Gasteiger partial charge >= 0.3 is 21.3 Å². The molecular formula is C27H34N10O14P2.